The van der Waals surface area contributed by atoms with Crippen LogP contribution < -0.4 is 14.8 Å². The molecule has 0 aromatic heterocycles. The molecule has 0 spiro atoms. The number of ether oxygens (including phenoxy) is 4. The molecule has 1 aromatic carbocycles. The number of carbonyl (C=O) groups excluding carboxylic acids is 2. The molecule has 43 heavy (non-hydrogen) atoms. The van der Waals surface area contributed by atoms with Crippen molar-refractivity contribution < 1.29 is 38.7 Å². The van der Waals surface area contributed by atoms with Gasteiger partial charge in [-0.2, -0.15) is 0 Å². The third kappa shape index (κ3) is 6.11. The predicted molar refractivity (Wildman–Crippen MR) is 158 cm³/mol. The number of fused-ring (bicyclic) bond motifs is 3. The minimum Gasteiger partial charge on any atom is -0.497 e. The van der Waals surface area contributed by atoms with E-state index in [-0.39, 0.29) is 37.1 Å². The van der Waals surface area contributed by atoms with Gasteiger partial charge in [-0.3, -0.25) is 9.69 Å². The largest absolute Gasteiger partial charge is 0.497 e. The monoisotopic (exact) mass is 598 g/mol. The van der Waals surface area contributed by atoms with E-state index in [9.17, 15) is 19.8 Å². The first-order valence-corrected chi connectivity index (χ1v) is 15.9. The van der Waals surface area contributed by atoms with Gasteiger partial charge in [0.2, 0.25) is 12.7 Å². The lowest BCUT2D eigenvalue weighted by Crippen LogP contribution is -2.48. The molecule has 10 nitrogen and oxygen atoms in total. The van der Waals surface area contributed by atoms with Gasteiger partial charge < -0.3 is 34.5 Å². The molecule has 1 saturated carbocycles. The van der Waals surface area contributed by atoms with Crippen LogP contribution in [0, 0.1) is 0 Å². The minimum atomic E-state index is -2.05. The summed E-state index contributed by atoms with van der Waals surface area (Å²) in [6.45, 7) is 5.30. The van der Waals surface area contributed by atoms with Crippen molar-refractivity contribution in [1.82, 2.24) is 10.2 Å². The number of amides is 1. The standard InChI is InChI=1S/C33H46N2O8/c1-32(2,38)12-7-13-33(39,18-26(36)34-21-8-5-4-6-9-21)31(37)43-30-27-23-17-25-24(41-19-42-25)16-20(23)10-14-35-15-11-22(28(27)35)29(30)40-3/h16-17,21,27-28,30,38-39H,4-15,18-19H2,1-3H3,(H,34,36)/t27-,28+,30-,33+/m0/s1. The molecule has 3 aliphatic heterocycles. The summed E-state index contributed by atoms with van der Waals surface area (Å²) in [5.41, 5.74) is 0.255. The van der Waals surface area contributed by atoms with Crippen molar-refractivity contribution in [1.29, 1.82) is 0 Å². The van der Waals surface area contributed by atoms with Crippen molar-refractivity contribution in [2.75, 3.05) is 27.0 Å². The highest BCUT2D eigenvalue weighted by Crippen LogP contribution is 2.52. The lowest BCUT2D eigenvalue weighted by molar-refractivity contribution is -0.175. The van der Waals surface area contributed by atoms with E-state index in [2.05, 4.69) is 10.2 Å². The first kappa shape index (κ1) is 30.2. The minimum absolute atomic E-state index is 0.00495. The van der Waals surface area contributed by atoms with Crippen molar-refractivity contribution in [2.45, 2.75) is 120 Å². The molecule has 3 N–H and O–H groups in total. The molecule has 0 radical (unpaired) electrons. The molecule has 6 rings (SSSR count). The number of rotatable bonds is 10. The van der Waals surface area contributed by atoms with Gasteiger partial charge in [-0.15, -0.1) is 0 Å². The lowest BCUT2D eigenvalue weighted by atomic mass is 9.86. The maximum atomic E-state index is 14.1. The first-order chi connectivity index (χ1) is 20.6. The Morgan fingerprint density at radius 3 is 2.49 bits per heavy atom. The first-order valence-electron chi connectivity index (χ1n) is 15.9. The highest BCUT2D eigenvalue weighted by molar-refractivity contribution is 5.88. The highest BCUT2D eigenvalue weighted by atomic mass is 16.7. The lowest BCUT2D eigenvalue weighted by Gasteiger charge is -2.33. The van der Waals surface area contributed by atoms with E-state index in [1.807, 2.05) is 12.1 Å². The summed E-state index contributed by atoms with van der Waals surface area (Å²) in [6.07, 6.45) is 6.27. The summed E-state index contributed by atoms with van der Waals surface area (Å²) in [6, 6.07) is 4.10. The van der Waals surface area contributed by atoms with Gasteiger partial charge in [0.25, 0.3) is 0 Å². The van der Waals surface area contributed by atoms with Crippen LogP contribution >= 0.6 is 0 Å². The summed E-state index contributed by atoms with van der Waals surface area (Å²) >= 11 is 0. The fraction of sp³-hybridized carbons (Fsp3) is 0.697. The summed E-state index contributed by atoms with van der Waals surface area (Å²) in [7, 11) is 1.60. The number of nitrogens with one attached hydrogen (secondary N) is 1. The van der Waals surface area contributed by atoms with E-state index >= 15 is 0 Å². The Balaban J connectivity index is 1.28. The van der Waals surface area contributed by atoms with E-state index in [0.717, 1.165) is 80.5 Å². The van der Waals surface area contributed by atoms with Crippen molar-refractivity contribution in [3.8, 4) is 11.5 Å². The molecule has 0 bridgehead atoms. The molecule has 1 amide bonds. The van der Waals surface area contributed by atoms with Crippen LogP contribution in [0.5, 0.6) is 11.5 Å². The molecule has 236 valence electrons. The van der Waals surface area contributed by atoms with Crippen molar-refractivity contribution >= 4 is 11.9 Å². The number of hydrogen-bond acceptors (Lipinski definition) is 9. The van der Waals surface area contributed by atoms with Crippen LogP contribution in [-0.4, -0.2) is 83.4 Å². The number of carbonyl (C=O) groups is 2. The molecule has 2 fully saturated rings. The van der Waals surface area contributed by atoms with Crippen LogP contribution in [0.4, 0.5) is 0 Å². The van der Waals surface area contributed by atoms with E-state index in [1.54, 1.807) is 21.0 Å². The zero-order valence-electron chi connectivity index (χ0n) is 25.7. The predicted octanol–water partition coefficient (Wildman–Crippen LogP) is 3.47. The van der Waals surface area contributed by atoms with Crippen LogP contribution in [0.25, 0.3) is 0 Å². The molecule has 1 saturated heterocycles. The Hall–Kier alpha value is -2.82. The average Bonchev–Trinajstić information content (AvgIpc) is 3.62. The Kier molecular flexibility index (Phi) is 8.39. The zero-order valence-corrected chi connectivity index (χ0v) is 25.7. The Labute approximate surface area is 253 Å². The number of benzene rings is 1. The Bertz CT molecular complexity index is 1270. The van der Waals surface area contributed by atoms with Gasteiger partial charge in [0, 0.05) is 31.1 Å². The molecule has 4 atom stereocenters. The van der Waals surface area contributed by atoms with E-state index < -0.39 is 29.7 Å². The maximum absolute atomic E-state index is 14.1. The SMILES string of the molecule is COC1=C2CCN3CCc4cc5c(cc4[C@H]([C@@H]1OC(=O)[C@@](O)(CCCC(C)(C)O)CC(=O)NC1CCCCC1)[C@@H]23)OCO5. The molecule has 10 heteroatoms. The molecule has 0 unspecified atom stereocenters. The Morgan fingerprint density at radius 2 is 1.77 bits per heavy atom. The van der Waals surface area contributed by atoms with Gasteiger partial charge in [0.1, 0.15) is 5.76 Å². The third-order valence-electron chi connectivity index (χ3n) is 9.96. The quantitative estimate of drug-likeness (QED) is 0.347. The van der Waals surface area contributed by atoms with Crippen LogP contribution in [0.15, 0.2) is 23.5 Å². The van der Waals surface area contributed by atoms with E-state index in [4.69, 9.17) is 18.9 Å². The summed E-state index contributed by atoms with van der Waals surface area (Å²) in [4.78, 5) is 29.7. The van der Waals surface area contributed by atoms with E-state index in [1.165, 1.54) is 0 Å². The zero-order chi connectivity index (χ0) is 30.4. The molecule has 2 aliphatic carbocycles. The van der Waals surface area contributed by atoms with Crippen molar-refractivity contribution in [3.05, 3.63) is 34.6 Å². The fourth-order valence-corrected chi connectivity index (χ4v) is 7.84. The maximum Gasteiger partial charge on any atom is 0.339 e. The average molecular weight is 599 g/mol. The van der Waals surface area contributed by atoms with Crippen LogP contribution in [0.3, 0.4) is 0 Å². The van der Waals surface area contributed by atoms with Crippen LogP contribution in [-0.2, 0) is 25.5 Å². The second-order valence-electron chi connectivity index (χ2n) is 13.6. The molecular formula is C33H46N2O8. The van der Waals surface area contributed by atoms with Crippen molar-refractivity contribution in [2.24, 2.45) is 0 Å². The summed E-state index contributed by atoms with van der Waals surface area (Å²) in [5, 5.41) is 25.2. The number of nitrogens with zero attached hydrogens (tertiary/aromatic N) is 1. The molecule has 5 aliphatic rings. The van der Waals surface area contributed by atoms with Gasteiger partial charge in [0.05, 0.1) is 19.1 Å². The topological polar surface area (TPSA) is 127 Å². The van der Waals surface area contributed by atoms with Crippen molar-refractivity contribution in [3.63, 3.8) is 0 Å². The van der Waals surface area contributed by atoms with Crippen LogP contribution in [0.2, 0.25) is 0 Å². The van der Waals surface area contributed by atoms with Gasteiger partial charge in [0.15, 0.2) is 23.2 Å². The van der Waals surface area contributed by atoms with Gasteiger partial charge in [-0.25, -0.2) is 4.79 Å². The molecule has 1 aromatic rings. The molecule has 3 heterocycles. The number of aliphatic hydroxyl groups is 2. The smallest absolute Gasteiger partial charge is 0.339 e. The van der Waals surface area contributed by atoms with Gasteiger partial charge in [-0.1, -0.05) is 19.3 Å². The van der Waals surface area contributed by atoms with Crippen LogP contribution in [0.1, 0.15) is 95.1 Å². The number of esters is 1. The van der Waals surface area contributed by atoms with E-state index in [0.29, 0.717) is 24.4 Å². The molecular weight excluding hydrogens is 552 g/mol. The third-order valence-corrected chi connectivity index (χ3v) is 9.96. The Morgan fingerprint density at radius 1 is 1.05 bits per heavy atom. The summed E-state index contributed by atoms with van der Waals surface area (Å²) < 4.78 is 23.6. The number of methoxy groups -OCH3 is 1. The second-order valence-corrected chi connectivity index (χ2v) is 13.6. The van der Waals surface area contributed by atoms with Gasteiger partial charge in [-0.05, 0) is 87.6 Å². The fourth-order valence-electron chi connectivity index (χ4n) is 7.84. The van der Waals surface area contributed by atoms with Gasteiger partial charge >= 0.3 is 5.97 Å². The normalized spacial score (nSPS) is 26.4. The second kappa shape index (κ2) is 11.9. The number of hydrogen-bond donors (Lipinski definition) is 3. The highest BCUT2D eigenvalue weighted by Gasteiger charge is 2.55. The summed E-state index contributed by atoms with van der Waals surface area (Å²) in [5.74, 6) is 0.576.